The summed E-state index contributed by atoms with van der Waals surface area (Å²) in [5.74, 6) is 0.867. The van der Waals surface area contributed by atoms with Gasteiger partial charge in [-0.15, -0.1) is 11.3 Å². The Hall–Kier alpha value is -1.80. The van der Waals surface area contributed by atoms with E-state index in [2.05, 4.69) is 57.0 Å². The fourth-order valence-corrected chi connectivity index (χ4v) is 4.01. The van der Waals surface area contributed by atoms with Gasteiger partial charge in [-0.05, 0) is 52.7 Å². The second-order valence-corrected chi connectivity index (χ2v) is 8.98. The lowest BCUT2D eigenvalue weighted by molar-refractivity contribution is 0.0507. The first-order chi connectivity index (χ1) is 12.7. The third kappa shape index (κ3) is 6.70. The molecule has 1 amide bonds. The molecule has 27 heavy (non-hydrogen) atoms. The predicted molar refractivity (Wildman–Crippen MR) is 111 cm³/mol. The minimum Gasteiger partial charge on any atom is -0.444 e. The lowest BCUT2D eigenvalue weighted by atomic mass is 10.2. The van der Waals surface area contributed by atoms with Crippen molar-refractivity contribution in [1.29, 1.82) is 0 Å². The summed E-state index contributed by atoms with van der Waals surface area (Å²) < 4.78 is 5.35. The van der Waals surface area contributed by atoms with Gasteiger partial charge in [-0.3, -0.25) is 4.99 Å². The first-order valence-corrected chi connectivity index (χ1v) is 10.2. The molecule has 0 bridgehead atoms. The molecular weight excluding hydrogens is 362 g/mol. The van der Waals surface area contributed by atoms with Crippen molar-refractivity contribution in [3.63, 3.8) is 0 Å². The highest BCUT2D eigenvalue weighted by molar-refractivity contribution is 7.10. The highest BCUT2D eigenvalue weighted by atomic mass is 32.1. The summed E-state index contributed by atoms with van der Waals surface area (Å²) in [5.41, 5.74) is -0.483. The molecule has 1 aromatic rings. The number of hydrogen-bond acceptors (Lipinski definition) is 5. The molecule has 7 nitrogen and oxygen atoms in total. The highest BCUT2D eigenvalue weighted by Gasteiger charge is 2.28. The Balaban J connectivity index is 1.86. The Kier molecular flexibility index (Phi) is 7.49. The zero-order valence-electron chi connectivity index (χ0n) is 17.3. The van der Waals surface area contributed by atoms with E-state index in [0.29, 0.717) is 6.04 Å². The maximum Gasteiger partial charge on any atom is 0.407 e. The first-order valence-electron chi connectivity index (χ1n) is 9.34. The van der Waals surface area contributed by atoms with Crippen molar-refractivity contribution in [3.05, 3.63) is 22.4 Å². The molecule has 2 heterocycles. The van der Waals surface area contributed by atoms with Crippen molar-refractivity contribution >= 4 is 23.4 Å². The third-order valence-electron chi connectivity index (χ3n) is 4.37. The fraction of sp³-hybridized carbons (Fsp3) is 0.684. The Morgan fingerprint density at radius 2 is 2.22 bits per heavy atom. The number of hydrogen-bond donors (Lipinski definition) is 2. The number of ether oxygens (including phenoxy) is 1. The topological polar surface area (TPSA) is 69.2 Å². The smallest absolute Gasteiger partial charge is 0.407 e. The van der Waals surface area contributed by atoms with E-state index in [9.17, 15) is 4.79 Å². The average molecular weight is 396 g/mol. The van der Waals surface area contributed by atoms with Crippen LogP contribution in [-0.2, 0) is 4.74 Å². The van der Waals surface area contributed by atoms with Crippen molar-refractivity contribution in [2.75, 3.05) is 40.8 Å². The van der Waals surface area contributed by atoms with Crippen LogP contribution in [0.25, 0.3) is 0 Å². The first kappa shape index (κ1) is 21.5. The van der Waals surface area contributed by atoms with Crippen LogP contribution < -0.4 is 10.6 Å². The summed E-state index contributed by atoms with van der Waals surface area (Å²) in [6, 6.07) is 4.61. The molecule has 1 aliphatic rings. The Morgan fingerprint density at radius 1 is 1.48 bits per heavy atom. The van der Waals surface area contributed by atoms with Gasteiger partial charge >= 0.3 is 6.09 Å². The van der Waals surface area contributed by atoms with Crippen LogP contribution in [0.5, 0.6) is 0 Å². The normalized spacial score (nSPS) is 19.3. The third-order valence-corrected chi connectivity index (χ3v) is 5.34. The zero-order valence-corrected chi connectivity index (χ0v) is 18.1. The van der Waals surface area contributed by atoms with E-state index in [0.717, 1.165) is 32.0 Å². The molecule has 2 N–H and O–H groups in total. The average Bonchev–Trinajstić information content (AvgIpc) is 3.21. The minimum absolute atomic E-state index is 0.0698. The Morgan fingerprint density at radius 3 is 2.78 bits per heavy atom. The number of carbonyl (C=O) groups excluding carboxylic acids is 1. The monoisotopic (exact) mass is 395 g/mol. The van der Waals surface area contributed by atoms with E-state index in [1.807, 2.05) is 20.8 Å². The maximum absolute atomic E-state index is 12.0. The second-order valence-electron chi connectivity index (χ2n) is 8.00. The lowest BCUT2D eigenvalue weighted by Crippen LogP contribution is -2.45. The standard InChI is InChI=1S/C19H33N5O2S/c1-19(2,3)26-18(25)22-14-9-10-24(13-14)17(20-4)21-12-15(23(5)6)16-8-7-11-27-16/h7-8,11,14-15H,9-10,12-13H2,1-6H3,(H,20,21)(H,22,25). The molecule has 2 atom stereocenters. The van der Waals surface area contributed by atoms with Crippen molar-refractivity contribution in [1.82, 2.24) is 20.4 Å². The molecule has 0 spiro atoms. The lowest BCUT2D eigenvalue weighted by Gasteiger charge is -2.27. The predicted octanol–water partition coefficient (Wildman–Crippen LogP) is 2.53. The summed E-state index contributed by atoms with van der Waals surface area (Å²) in [4.78, 5) is 22.1. The number of alkyl carbamates (subject to hydrolysis) is 1. The van der Waals surface area contributed by atoms with E-state index < -0.39 is 5.60 Å². The molecular formula is C19H33N5O2S. The molecule has 0 saturated carbocycles. The van der Waals surface area contributed by atoms with E-state index in [-0.39, 0.29) is 12.1 Å². The molecule has 8 heteroatoms. The van der Waals surface area contributed by atoms with Crippen LogP contribution in [0.2, 0.25) is 0 Å². The number of guanidine groups is 1. The molecule has 1 aliphatic heterocycles. The molecule has 1 saturated heterocycles. The number of nitrogens with one attached hydrogen (secondary N) is 2. The molecule has 1 aromatic heterocycles. The quantitative estimate of drug-likeness (QED) is 0.592. The molecule has 0 radical (unpaired) electrons. The Labute approximate surface area is 166 Å². The number of amides is 1. The molecule has 2 unspecified atom stereocenters. The van der Waals surface area contributed by atoms with Gasteiger partial charge in [0.2, 0.25) is 0 Å². The van der Waals surface area contributed by atoms with Crippen LogP contribution in [0.4, 0.5) is 4.79 Å². The van der Waals surface area contributed by atoms with Crippen molar-refractivity contribution in [3.8, 4) is 0 Å². The van der Waals surface area contributed by atoms with Crippen molar-refractivity contribution < 1.29 is 9.53 Å². The number of aliphatic imine (C=N–C) groups is 1. The number of nitrogens with zero attached hydrogens (tertiary/aromatic N) is 3. The van der Waals surface area contributed by atoms with Crippen LogP contribution in [0.1, 0.15) is 38.1 Å². The summed E-state index contributed by atoms with van der Waals surface area (Å²) in [6.45, 7) is 7.97. The van der Waals surface area contributed by atoms with Gasteiger partial charge in [-0.2, -0.15) is 0 Å². The number of rotatable bonds is 5. The van der Waals surface area contributed by atoms with Gasteiger partial charge in [-0.25, -0.2) is 4.79 Å². The fourth-order valence-electron chi connectivity index (χ4n) is 3.08. The molecule has 2 rings (SSSR count). The van der Waals surface area contributed by atoms with Crippen LogP contribution in [0.3, 0.4) is 0 Å². The van der Waals surface area contributed by atoms with Gasteiger partial charge in [0.15, 0.2) is 5.96 Å². The number of carbonyl (C=O) groups is 1. The zero-order chi connectivity index (χ0) is 20.0. The molecule has 152 valence electrons. The van der Waals surface area contributed by atoms with E-state index in [1.54, 1.807) is 18.4 Å². The molecule has 1 fully saturated rings. The number of likely N-dealkylation sites (tertiary alicyclic amines) is 1. The Bertz CT molecular complexity index is 625. The summed E-state index contributed by atoms with van der Waals surface area (Å²) in [5, 5.41) is 8.55. The van der Waals surface area contributed by atoms with E-state index in [1.165, 1.54) is 4.88 Å². The van der Waals surface area contributed by atoms with Crippen molar-refractivity contribution in [2.45, 2.75) is 44.9 Å². The van der Waals surface area contributed by atoms with Crippen LogP contribution >= 0.6 is 11.3 Å². The van der Waals surface area contributed by atoms with Crippen LogP contribution in [0, 0.1) is 0 Å². The van der Waals surface area contributed by atoms with Crippen LogP contribution in [0.15, 0.2) is 22.5 Å². The molecule has 0 aromatic carbocycles. The van der Waals surface area contributed by atoms with Gasteiger partial charge < -0.3 is 25.2 Å². The van der Waals surface area contributed by atoms with Gasteiger partial charge in [0.05, 0.1) is 12.1 Å². The van der Waals surface area contributed by atoms with Gasteiger partial charge in [0, 0.05) is 31.6 Å². The second kappa shape index (κ2) is 9.41. The summed E-state index contributed by atoms with van der Waals surface area (Å²) >= 11 is 1.77. The SMILES string of the molecule is CN=C(NCC(c1cccs1)N(C)C)N1CCC(NC(=O)OC(C)(C)C)C1. The van der Waals surface area contributed by atoms with E-state index >= 15 is 0 Å². The summed E-state index contributed by atoms with van der Waals surface area (Å²) in [6.07, 6.45) is 0.518. The van der Waals surface area contributed by atoms with E-state index in [4.69, 9.17) is 4.74 Å². The number of thiophene rings is 1. The molecule has 0 aliphatic carbocycles. The van der Waals surface area contributed by atoms with Gasteiger partial charge in [0.1, 0.15) is 5.60 Å². The van der Waals surface area contributed by atoms with Crippen molar-refractivity contribution in [2.24, 2.45) is 4.99 Å². The minimum atomic E-state index is -0.483. The summed E-state index contributed by atoms with van der Waals surface area (Å²) in [7, 11) is 5.98. The highest BCUT2D eigenvalue weighted by Crippen LogP contribution is 2.22. The largest absolute Gasteiger partial charge is 0.444 e. The number of likely N-dealkylation sites (N-methyl/N-ethyl adjacent to an activating group) is 1. The van der Waals surface area contributed by atoms with Gasteiger partial charge in [-0.1, -0.05) is 6.07 Å². The van der Waals surface area contributed by atoms with Crippen LogP contribution in [-0.4, -0.2) is 74.3 Å². The maximum atomic E-state index is 12.0. The van der Waals surface area contributed by atoms with Gasteiger partial charge in [0.25, 0.3) is 0 Å².